The van der Waals surface area contributed by atoms with Crippen LogP contribution in [0.25, 0.3) is 11.3 Å². The molecule has 1 aromatic carbocycles. The van der Waals surface area contributed by atoms with E-state index in [4.69, 9.17) is 5.73 Å². The number of amides is 1. The minimum atomic E-state index is -0.467. The van der Waals surface area contributed by atoms with Crippen molar-refractivity contribution in [1.82, 2.24) is 9.78 Å². The number of primary amides is 1. The molecule has 0 bridgehead atoms. The molecule has 0 radical (unpaired) electrons. The third kappa shape index (κ3) is 1.99. The minimum absolute atomic E-state index is 0.265. The molecule has 1 aliphatic rings. The Morgan fingerprint density at radius 3 is 2.90 bits per heavy atom. The van der Waals surface area contributed by atoms with Gasteiger partial charge in [-0.2, -0.15) is 5.10 Å². The molecule has 2 heterocycles. The van der Waals surface area contributed by atoms with Gasteiger partial charge >= 0.3 is 0 Å². The predicted molar refractivity (Wildman–Crippen MR) is 73.8 cm³/mol. The summed E-state index contributed by atoms with van der Waals surface area (Å²) >= 11 is 0. The lowest BCUT2D eigenvalue weighted by molar-refractivity contribution is 0.0999. The Kier molecular flexibility index (Phi) is 3.04. The monoisotopic (exact) mass is 273 g/mol. The molecule has 5 heteroatoms. The highest BCUT2D eigenvalue weighted by atomic mass is 19.1. The zero-order valence-corrected chi connectivity index (χ0v) is 11.3. The van der Waals surface area contributed by atoms with Gasteiger partial charge in [0.05, 0.1) is 11.3 Å². The summed E-state index contributed by atoms with van der Waals surface area (Å²) in [6.45, 7) is 2.49. The minimum Gasteiger partial charge on any atom is -0.365 e. The lowest BCUT2D eigenvalue weighted by atomic mass is 10.00. The number of halogens is 1. The van der Waals surface area contributed by atoms with Gasteiger partial charge in [0.25, 0.3) is 5.91 Å². The summed E-state index contributed by atoms with van der Waals surface area (Å²) in [7, 11) is 0. The number of aromatic nitrogens is 2. The molecule has 1 amide bonds. The lowest BCUT2D eigenvalue weighted by Gasteiger charge is -2.13. The van der Waals surface area contributed by atoms with Gasteiger partial charge in [-0.3, -0.25) is 9.48 Å². The zero-order chi connectivity index (χ0) is 14.3. The number of benzene rings is 1. The average molecular weight is 273 g/mol. The number of fused-ring (bicyclic) bond motifs is 1. The molecule has 0 saturated carbocycles. The molecule has 2 N–H and O–H groups in total. The first kappa shape index (κ1) is 12.8. The van der Waals surface area contributed by atoms with E-state index in [0.717, 1.165) is 37.1 Å². The maximum Gasteiger partial charge on any atom is 0.252 e. The van der Waals surface area contributed by atoms with Gasteiger partial charge in [0.15, 0.2) is 0 Å². The van der Waals surface area contributed by atoms with E-state index < -0.39 is 5.91 Å². The Morgan fingerprint density at radius 2 is 2.20 bits per heavy atom. The van der Waals surface area contributed by atoms with Gasteiger partial charge in [-0.05, 0) is 49.9 Å². The van der Waals surface area contributed by atoms with Crippen LogP contribution in [0, 0.1) is 12.7 Å². The Hall–Kier alpha value is -2.17. The number of nitrogens with two attached hydrogens (primary N) is 1. The van der Waals surface area contributed by atoms with E-state index >= 15 is 0 Å². The second kappa shape index (κ2) is 4.74. The van der Waals surface area contributed by atoms with Crippen molar-refractivity contribution in [2.75, 3.05) is 0 Å². The number of carbonyl (C=O) groups is 1. The molecule has 1 aromatic heterocycles. The number of rotatable bonds is 2. The van der Waals surface area contributed by atoms with Crippen molar-refractivity contribution >= 4 is 5.91 Å². The van der Waals surface area contributed by atoms with Crippen molar-refractivity contribution in [3.63, 3.8) is 0 Å². The molecular formula is C15H16FN3O. The van der Waals surface area contributed by atoms with Gasteiger partial charge in [-0.1, -0.05) is 0 Å². The molecule has 0 fully saturated rings. The number of carbonyl (C=O) groups excluding carboxylic acids is 1. The molecule has 0 atom stereocenters. The standard InChI is InChI=1S/C15H16FN3O/c1-9-8-10(5-6-11(9)16)14-13(15(17)20)12-4-2-3-7-19(12)18-14/h5-6,8H,2-4,7H2,1H3,(H2,17,20). The molecule has 4 nitrogen and oxygen atoms in total. The summed E-state index contributed by atoms with van der Waals surface area (Å²) < 4.78 is 15.2. The molecule has 104 valence electrons. The lowest BCUT2D eigenvalue weighted by Crippen LogP contribution is -2.17. The van der Waals surface area contributed by atoms with Crippen molar-refractivity contribution in [3.8, 4) is 11.3 Å². The normalized spacial score (nSPS) is 14.1. The van der Waals surface area contributed by atoms with Crippen LogP contribution in [0.3, 0.4) is 0 Å². The second-order valence-electron chi connectivity index (χ2n) is 5.18. The third-order valence-electron chi connectivity index (χ3n) is 3.77. The van der Waals surface area contributed by atoms with Crippen molar-refractivity contribution in [2.24, 2.45) is 5.73 Å². The number of aryl methyl sites for hydroxylation is 2. The molecule has 2 aromatic rings. The van der Waals surface area contributed by atoms with Gasteiger partial charge in [0.2, 0.25) is 0 Å². The first-order valence-electron chi connectivity index (χ1n) is 6.74. The van der Waals surface area contributed by atoms with Crippen LogP contribution in [-0.4, -0.2) is 15.7 Å². The topological polar surface area (TPSA) is 60.9 Å². The maximum atomic E-state index is 13.4. The summed E-state index contributed by atoms with van der Waals surface area (Å²) in [6, 6.07) is 4.74. The summed E-state index contributed by atoms with van der Waals surface area (Å²) in [4.78, 5) is 11.8. The van der Waals surface area contributed by atoms with E-state index in [0.29, 0.717) is 16.8 Å². The van der Waals surface area contributed by atoms with Crippen molar-refractivity contribution in [2.45, 2.75) is 32.7 Å². The Morgan fingerprint density at radius 1 is 1.40 bits per heavy atom. The van der Waals surface area contributed by atoms with E-state index in [9.17, 15) is 9.18 Å². The average Bonchev–Trinajstić information content (AvgIpc) is 2.81. The first-order valence-corrected chi connectivity index (χ1v) is 6.74. The van der Waals surface area contributed by atoms with Gasteiger partial charge in [0.1, 0.15) is 11.5 Å². The molecule has 0 aliphatic carbocycles. The van der Waals surface area contributed by atoms with Crippen molar-refractivity contribution in [1.29, 1.82) is 0 Å². The fourth-order valence-corrected chi connectivity index (χ4v) is 2.74. The summed E-state index contributed by atoms with van der Waals surface area (Å²) in [6.07, 6.45) is 2.90. The Bertz CT molecular complexity index is 691. The van der Waals surface area contributed by atoms with Crippen LogP contribution in [0.15, 0.2) is 18.2 Å². The van der Waals surface area contributed by atoms with Crippen molar-refractivity contribution < 1.29 is 9.18 Å². The third-order valence-corrected chi connectivity index (χ3v) is 3.77. The van der Waals surface area contributed by atoms with E-state index in [1.165, 1.54) is 6.07 Å². The van der Waals surface area contributed by atoms with Crippen LogP contribution in [0.5, 0.6) is 0 Å². The number of hydrogen-bond donors (Lipinski definition) is 1. The largest absolute Gasteiger partial charge is 0.365 e. The van der Waals surface area contributed by atoms with Crippen LogP contribution in [0.2, 0.25) is 0 Å². The molecule has 20 heavy (non-hydrogen) atoms. The maximum absolute atomic E-state index is 13.4. The molecule has 0 saturated heterocycles. The van der Waals surface area contributed by atoms with Gasteiger partial charge in [0, 0.05) is 12.1 Å². The van der Waals surface area contributed by atoms with E-state index in [1.807, 2.05) is 4.68 Å². The zero-order valence-electron chi connectivity index (χ0n) is 11.3. The van der Waals surface area contributed by atoms with Crippen LogP contribution in [-0.2, 0) is 13.0 Å². The van der Waals surface area contributed by atoms with Crippen LogP contribution < -0.4 is 5.73 Å². The molecule has 1 aliphatic heterocycles. The number of hydrogen-bond acceptors (Lipinski definition) is 2. The highest BCUT2D eigenvalue weighted by Crippen LogP contribution is 2.29. The first-order chi connectivity index (χ1) is 9.58. The van der Waals surface area contributed by atoms with Crippen LogP contribution >= 0.6 is 0 Å². The molecule has 0 unspecified atom stereocenters. The fraction of sp³-hybridized carbons (Fsp3) is 0.333. The van der Waals surface area contributed by atoms with Gasteiger partial charge in [-0.25, -0.2) is 4.39 Å². The highest BCUT2D eigenvalue weighted by Gasteiger charge is 2.24. The Balaban J connectivity index is 2.19. The second-order valence-corrected chi connectivity index (χ2v) is 5.18. The van der Waals surface area contributed by atoms with Crippen LogP contribution in [0.4, 0.5) is 4.39 Å². The summed E-state index contributed by atoms with van der Waals surface area (Å²) in [5.74, 6) is -0.733. The van der Waals surface area contributed by atoms with E-state index in [2.05, 4.69) is 5.10 Å². The molecule has 0 spiro atoms. The van der Waals surface area contributed by atoms with E-state index in [1.54, 1.807) is 19.1 Å². The van der Waals surface area contributed by atoms with Crippen LogP contribution in [0.1, 0.15) is 34.5 Å². The smallest absolute Gasteiger partial charge is 0.252 e. The summed E-state index contributed by atoms with van der Waals surface area (Å²) in [5.41, 5.74) is 8.74. The van der Waals surface area contributed by atoms with E-state index in [-0.39, 0.29) is 5.82 Å². The fourth-order valence-electron chi connectivity index (χ4n) is 2.74. The Labute approximate surface area is 116 Å². The predicted octanol–water partition coefficient (Wildman–Crippen LogP) is 2.43. The summed E-state index contributed by atoms with van der Waals surface area (Å²) in [5, 5.41) is 4.51. The van der Waals surface area contributed by atoms with Crippen molar-refractivity contribution in [3.05, 3.63) is 40.8 Å². The molecular weight excluding hydrogens is 257 g/mol. The number of nitrogens with zero attached hydrogens (tertiary/aromatic N) is 2. The highest BCUT2D eigenvalue weighted by molar-refractivity contribution is 6.00. The van der Waals surface area contributed by atoms with Gasteiger partial charge < -0.3 is 5.73 Å². The quantitative estimate of drug-likeness (QED) is 0.913. The van der Waals surface area contributed by atoms with Gasteiger partial charge in [-0.15, -0.1) is 0 Å². The molecule has 3 rings (SSSR count). The SMILES string of the molecule is Cc1cc(-c2nn3c(c2C(N)=O)CCCC3)ccc1F.